The topological polar surface area (TPSA) is 0 Å². The van der Waals surface area contributed by atoms with E-state index >= 15 is 0 Å². The number of allylic oxidation sites excluding steroid dienone is 1. The minimum atomic E-state index is 0. The van der Waals surface area contributed by atoms with E-state index in [2.05, 4.69) is 188 Å². The molecule has 0 N–H and O–H groups in total. The summed E-state index contributed by atoms with van der Waals surface area (Å²) in [6.07, 6.45) is 4.81. The van der Waals surface area contributed by atoms with Crippen LogP contribution >= 0.6 is 0 Å². The van der Waals surface area contributed by atoms with Crippen LogP contribution < -0.4 is 10.4 Å². The number of benzene rings is 6. The van der Waals surface area contributed by atoms with Gasteiger partial charge in [-0.2, -0.15) is 0 Å². The Morgan fingerprint density at radius 1 is 0.627 bits per heavy atom. The van der Waals surface area contributed by atoms with Crippen LogP contribution in [0.3, 0.4) is 0 Å². The minimum Gasteiger partial charge on any atom is -0.126 e. The summed E-state index contributed by atoms with van der Waals surface area (Å²) in [6.45, 7) is 16.4. The van der Waals surface area contributed by atoms with Crippen LogP contribution in [0, 0.1) is 0 Å². The van der Waals surface area contributed by atoms with E-state index in [-0.39, 0.29) is 37.0 Å². The van der Waals surface area contributed by atoms with Gasteiger partial charge in [-0.05, 0) is 39.2 Å². The van der Waals surface area contributed by atoms with Gasteiger partial charge in [0.1, 0.15) is 9.52 Å². The van der Waals surface area contributed by atoms with Crippen molar-refractivity contribution in [3.8, 4) is 0 Å². The van der Waals surface area contributed by atoms with Gasteiger partial charge in [0, 0.05) is 32.1 Å². The van der Waals surface area contributed by atoms with Gasteiger partial charge in [0.05, 0.1) is 0 Å². The van der Waals surface area contributed by atoms with Crippen LogP contribution in [0.1, 0.15) is 95.0 Å². The van der Waals surface area contributed by atoms with Gasteiger partial charge in [0.25, 0.3) is 0 Å². The average molecular weight is 757 g/mol. The molecule has 0 amide bonds. The van der Waals surface area contributed by atoms with Crippen LogP contribution in [0.25, 0.3) is 38.4 Å². The Balaban J connectivity index is 0.000000269. The van der Waals surface area contributed by atoms with Crippen molar-refractivity contribution in [2.45, 2.75) is 78.1 Å². The van der Waals surface area contributed by atoms with Crippen molar-refractivity contribution in [3.63, 3.8) is 0 Å². The molecule has 7 aromatic carbocycles. The zero-order chi connectivity index (χ0) is 35.0. The molecule has 0 aliphatic heterocycles. The number of rotatable bonds is 5. The third-order valence-electron chi connectivity index (χ3n) is 10.3. The maximum atomic E-state index is 2.53. The number of hydrogen-bond donors (Lipinski definition) is 0. The Bertz CT molecular complexity index is 2270. The maximum Gasteiger partial charge on any atom is 0.121 e. The van der Waals surface area contributed by atoms with Crippen LogP contribution in [0.15, 0.2) is 139 Å². The Morgan fingerprint density at radius 2 is 1.25 bits per heavy atom. The Labute approximate surface area is 327 Å². The van der Waals surface area contributed by atoms with Gasteiger partial charge in [0.2, 0.25) is 0 Å². The van der Waals surface area contributed by atoms with Crippen LogP contribution in [-0.4, -0.2) is 9.52 Å². The zero-order valence-corrected chi connectivity index (χ0v) is 34.7. The first-order chi connectivity index (χ1) is 24.0. The normalized spacial score (nSPS) is 14.2. The van der Waals surface area contributed by atoms with E-state index in [1.165, 1.54) is 70.5 Å². The molecular weight excluding hydrogens is 708 g/mol. The van der Waals surface area contributed by atoms with Crippen LogP contribution in [-0.2, 0) is 37.0 Å². The minimum absolute atomic E-state index is 0. The van der Waals surface area contributed by atoms with Crippen LogP contribution in [0.2, 0.25) is 0 Å². The van der Waals surface area contributed by atoms with Gasteiger partial charge in [-0.1, -0.05) is 215 Å². The summed E-state index contributed by atoms with van der Waals surface area (Å²) in [7, 11) is 0.777. The third-order valence-corrected chi connectivity index (χ3v) is 11.5. The molecule has 1 aliphatic rings. The molecule has 0 fully saturated rings. The molecule has 0 saturated heterocycles. The van der Waals surface area contributed by atoms with E-state index in [9.17, 15) is 0 Å². The van der Waals surface area contributed by atoms with E-state index in [1.807, 2.05) is 0 Å². The molecule has 0 heterocycles. The Morgan fingerprint density at radius 3 is 1.88 bits per heavy atom. The monoisotopic (exact) mass is 755 g/mol. The molecule has 0 spiro atoms. The van der Waals surface area contributed by atoms with Crippen molar-refractivity contribution in [2.75, 3.05) is 0 Å². The molecule has 0 nitrogen and oxygen atoms in total. The van der Waals surface area contributed by atoms with E-state index in [1.54, 1.807) is 5.57 Å². The molecule has 1 atom stereocenters. The van der Waals surface area contributed by atoms with Gasteiger partial charge in [0.15, 0.2) is 0 Å². The maximum absolute atomic E-state index is 2.53. The number of fused-ring (bicyclic) bond motifs is 6. The van der Waals surface area contributed by atoms with Crippen LogP contribution in [0.4, 0.5) is 0 Å². The molecule has 0 aromatic heterocycles. The second-order valence-corrected chi connectivity index (χ2v) is 17.4. The molecule has 2 radical (unpaired) electrons. The van der Waals surface area contributed by atoms with Gasteiger partial charge in [-0.3, -0.25) is 0 Å². The first-order valence-electron chi connectivity index (χ1n) is 18.3. The third kappa shape index (κ3) is 7.60. The fourth-order valence-electron chi connectivity index (χ4n) is 7.79. The van der Waals surface area contributed by atoms with Crippen molar-refractivity contribution in [2.24, 2.45) is 0 Å². The molecule has 7 aromatic rings. The fourth-order valence-corrected chi connectivity index (χ4v) is 8.84. The van der Waals surface area contributed by atoms with Crippen molar-refractivity contribution in [1.82, 2.24) is 0 Å². The average Bonchev–Trinajstić information content (AvgIpc) is 3.66. The second-order valence-electron chi connectivity index (χ2n) is 16.0. The van der Waals surface area contributed by atoms with E-state index < -0.39 is 0 Å². The smallest absolute Gasteiger partial charge is 0.121 e. The summed E-state index contributed by atoms with van der Waals surface area (Å²) >= 11 is 0. The standard InChI is InChI=1S/C37H39.C12H10Si.Zr/c1-8-11-24-21-31-27-13-10-9-12-23(27)14-16-30(31)34(24)35-32-22-25-20-26(36(2,3)4)15-17-28(25)29(32)18-19-33(35)37(5,6)7;1-3-7-11(8-4-1)13-12-9-5-2-6-10-12;/h9-10,12-22,34H,8,11H2,1-7H3;1-10H;/q-1;;. The molecule has 2 heteroatoms. The zero-order valence-electron chi connectivity index (χ0n) is 31.3. The molecule has 1 unspecified atom stereocenters. The van der Waals surface area contributed by atoms with Crippen molar-refractivity contribution in [1.29, 1.82) is 0 Å². The van der Waals surface area contributed by atoms with Gasteiger partial charge >= 0.3 is 0 Å². The van der Waals surface area contributed by atoms with Crippen molar-refractivity contribution < 1.29 is 26.2 Å². The van der Waals surface area contributed by atoms with E-state index in [0.29, 0.717) is 5.92 Å². The van der Waals surface area contributed by atoms with Crippen LogP contribution in [0.5, 0.6) is 0 Å². The van der Waals surface area contributed by atoms with E-state index in [4.69, 9.17) is 0 Å². The largest absolute Gasteiger partial charge is 0.126 e. The Hall–Kier alpha value is -3.71. The first kappa shape index (κ1) is 37.1. The van der Waals surface area contributed by atoms with Gasteiger partial charge < -0.3 is 0 Å². The summed E-state index contributed by atoms with van der Waals surface area (Å²) in [4.78, 5) is 0. The molecule has 0 bridgehead atoms. The first-order valence-corrected chi connectivity index (χ1v) is 19.3. The SMILES string of the molecule is CCCC1=Cc2c(ccc3ccccc23)C1c1c(C(C)(C)C)ccc2c1[cH-]c1cc(C(C)(C)C)ccc12.[Zr].c1ccc([Si]c2ccccc2)cc1. The molecule has 0 saturated carbocycles. The van der Waals surface area contributed by atoms with E-state index in [0.717, 1.165) is 22.4 Å². The summed E-state index contributed by atoms with van der Waals surface area (Å²) in [6, 6.07) is 49.2. The number of hydrogen-bond acceptors (Lipinski definition) is 0. The predicted molar refractivity (Wildman–Crippen MR) is 221 cm³/mol. The molecule has 8 rings (SSSR count). The molecule has 51 heavy (non-hydrogen) atoms. The molecule has 254 valence electrons. The fraction of sp³-hybridized carbons (Fsp3) is 0.245. The quantitative estimate of drug-likeness (QED) is 0.121. The second kappa shape index (κ2) is 15.1. The molecule has 1 aliphatic carbocycles. The predicted octanol–water partition coefficient (Wildman–Crippen LogP) is 12.1. The summed E-state index contributed by atoms with van der Waals surface area (Å²) in [5.74, 6) is 0.302. The summed E-state index contributed by atoms with van der Waals surface area (Å²) < 4.78 is 0. The summed E-state index contributed by atoms with van der Waals surface area (Å²) in [5, 5.41) is 11.1. The summed E-state index contributed by atoms with van der Waals surface area (Å²) in [5.41, 5.74) is 9.05. The van der Waals surface area contributed by atoms with Gasteiger partial charge in [-0.25, -0.2) is 0 Å². The molecular formula is C49H49SiZr-. The van der Waals surface area contributed by atoms with Crippen molar-refractivity contribution in [3.05, 3.63) is 167 Å². The van der Waals surface area contributed by atoms with Crippen molar-refractivity contribution >= 4 is 58.3 Å². The Kier molecular flexibility index (Phi) is 11.0. The van der Waals surface area contributed by atoms with Gasteiger partial charge in [-0.15, -0.1) is 33.7 Å².